The molecule has 0 radical (unpaired) electrons. The van der Waals surface area contributed by atoms with E-state index in [0.717, 1.165) is 12.2 Å². The standard InChI is InChI=1S/C16H21N3/c1-11-8-12(10-19(4)16(11,2)3)14-9-18-15-13(14)6-5-7-17-15/h5-9,11H,10H2,1-4H3,(H,17,18). The largest absolute Gasteiger partial charge is 0.346 e. The van der Waals surface area contributed by atoms with E-state index in [4.69, 9.17) is 0 Å². The Morgan fingerprint density at radius 1 is 1.42 bits per heavy atom. The number of likely N-dealkylation sites (N-methyl/N-ethyl adjacent to an activating group) is 1. The second-order valence-electron chi connectivity index (χ2n) is 6.09. The van der Waals surface area contributed by atoms with E-state index in [1.54, 1.807) is 0 Å². The molecule has 1 unspecified atom stereocenters. The zero-order valence-electron chi connectivity index (χ0n) is 12.1. The highest BCUT2D eigenvalue weighted by Gasteiger charge is 2.33. The molecule has 0 fully saturated rings. The number of rotatable bonds is 1. The Morgan fingerprint density at radius 2 is 2.21 bits per heavy atom. The van der Waals surface area contributed by atoms with Crippen LogP contribution in [0.2, 0.25) is 0 Å². The van der Waals surface area contributed by atoms with E-state index in [1.165, 1.54) is 16.5 Å². The number of pyridine rings is 1. The van der Waals surface area contributed by atoms with Crippen LogP contribution in [0.15, 0.2) is 30.6 Å². The van der Waals surface area contributed by atoms with Crippen LogP contribution in [-0.2, 0) is 0 Å². The van der Waals surface area contributed by atoms with Crippen LogP contribution in [0.1, 0.15) is 26.3 Å². The van der Waals surface area contributed by atoms with E-state index in [-0.39, 0.29) is 5.54 Å². The van der Waals surface area contributed by atoms with Crippen LogP contribution < -0.4 is 0 Å². The maximum atomic E-state index is 4.37. The quantitative estimate of drug-likeness (QED) is 0.847. The molecule has 19 heavy (non-hydrogen) atoms. The van der Waals surface area contributed by atoms with Gasteiger partial charge in [-0.05, 0) is 44.5 Å². The second kappa shape index (κ2) is 4.20. The van der Waals surface area contributed by atoms with Crippen molar-refractivity contribution >= 4 is 16.6 Å². The first kappa shape index (κ1) is 12.4. The summed E-state index contributed by atoms with van der Waals surface area (Å²) in [7, 11) is 2.20. The Hall–Kier alpha value is -1.61. The van der Waals surface area contributed by atoms with E-state index >= 15 is 0 Å². The van der Waals surface area contributed by atoms with Crippen molar-refractivity contribution in [2.45, 2.75) is 26.3 Å². The van der Waals surface area contributed by atoms with Crippen molar-refractivity contribution < 1.29 is 0 Å². The van der Waals surface area contributed by atoms with Gasteiger partial charge in [0.25, 0.3) is 0 Å². The number of aromatic amines is 1. The minimum atomic E-state index is 0.216. The highest BCUT2D eigenvalue weighted by atomic mass is 15.2. The second-order valence-corrected chi connectivity index (χ2v) is 6.09. The van der Waals surface area contributed by atoms with Crippen molar-refractivity contribution in [3.63, 3.8) is 0 Å². The summed E-state index contributed by atoms with van der Waals surface area (Å²) in [6.07, 6.45) is 6.33. The van der Waals surface area contributed by atoms with E-state index < -0.39 is 0 Å². The van der Waals surface area contributed by atoms with Gasteiger partial charge >= 0.3 is 0 Å². The maximum Gasteiger partial charge on any atom is 0.137 e. The molecule has 1 N–H and O–H groups in total. The number of H-pyrrole nitrogens is 1. The smallest absolute Gasteiger partial charge is 0.137 e. The molecule has 1 aliphatic heterocycles. The fraction of sp³-hybridized carbons (Fsp3) is 0.438. The maximum absolute atomic E-state index is 4.37. The molecule has 2 aromatic rings. The molecule has 3 heterocycles. The van der Waals surface area contributed by atoms with Gasteiger partial charge in [-0.2, -0.15) is 0 Å². The van der Waals surface area contributed by atoms with Crippen molar-refractivity contribution in [1.82, 2.24) is 14.9 Å². The van der Waals surface area contributed by atoms with Gasteiger partial charge in [-0.3, -0.25) is 4.90 Å². The van der Waals surface area contributed by atoms with Crippen molar-refractivity contribution in [2.75, 3.05) is 13.6 Å². The molecule has 100 valence electrons. The fourth-order valence-corrected chi connectivity index (χ4v) is 2.76. The molecule has 0 spiro atoms. The molecule has 0 bridgehead atoms. The van der Waals surface area contributed by atoms with Gasteiger partial charge in [-0.15, -0.1) is 0 Å². The third kappa shape index (κ3) is 1.89. The van der Waals surface area contributed by atoms with E-state index in [9.17, 15) is 0 Å². The molecule has 1 atom stereocenters. The molecule has 3 rings (SSSR count). The normalized spacial score (nSPS) is 23.6. The van der Waals surface area contributed by atoms with Crippen LogP contribution in [0.4, 0.5) is 0 Å². The monoisotopic (exact) mass is 255 g/mol. The molecule has 3 heteroatoms. The summed E-state index contributed by atoms with van der Waals surface area (Å²) in [4.78, 5) is 10.1. The zero-order chi connectivity index (χ0) is 13.6. The van der Waals surface area contributed by atoms with Gasteiger partial charge in [0.15, 0.2) is 0 Å². The SMILES string of the molecule is CC1C=C(c2c[nH]c3ncccc23)CN(C)C1(C)C. The number of nitrogens with zero attached hydrogens (tertiary/aromatic N) is 2. The summed E-state index contributed by atoms with van der Waals surface area (Å²) in [6.45, 7) is 7.89. The van der Waals surface area contributed by atoms with Crippen LogP contribution in [0.25, 0.3) is 16.6 Å². The predicted molar refractivity (Wildman–Crippen MR) is 79.9 cm³/mol. The van der Waals surface area contributed by atoms with Crippen molar-refractivity contribution in [2.24, 2.45) is 5.92 Å². The summed E-state index contributed by atoms with van der Waals surface area (Å²) in [5, 5.41) is 1.22. The van der Waals surface area contributed by atoms with Crippen molar-refractivity contribution in [1.29, 1.82) is 0 Å². The lowest BCUT2D eigenvalue weighted by molar-refractivity contribution is 0.126. The van der Waals surface area contributed by atoms with Crippen LogP contribution in [0.3, 0.4) is 0 Å². The van der Waals surface area contributed by atoms with Crippen LogP contribution in [-0.4, -0.2) is 34.0 Å². The lowest BCUT2D eigenvalue weighted by Gasteiger charge is -2.44. The highest BCUT2D eigenvalue weighted by Crippen LogP contribution is 2.35. The Balaban J connectivity index is 2.08. The molecule has 0 aromatic carbocycles. The predicted octanol–water partition coefficient (Wildman–Crippen LogP) is 3.31. The topological polar surface area (TPSA) is 31.9 Å². The molecular formula is C16H21N3. The van der Waals surface area contributed by atoms with E-state index in [1.807, 2.05) is 12.3 Å². The zero-order valence-corrected chi connectivity index (χ0v) is 12.1. The number of nitrogens with one attached hydrogen (secondary N) is 1. The average Bonchev–Trinajstić information content (AvgIpc) is 2.80. The van der Waals surface area contributed by atoms with Gasteiger partial charge in [0.1, 0.15) is 5.65 Å². The molecule has 1 aliphatic rings. The summed E-state index contributed by atoms with van der Waals surface area (Å²) in [5.41, 5.74) is 3.87. The summed E-state index contributed by atoms with van der Waals surface area (Å²) >= 11 is 0. The molecular weight excluding hydrogens is 234 g/mol. The molecule has 0 saturated heterocycles. The third-order valence-corrected chi connectivity index (χ3v) is 4.75. The van der Waals surface area contributed by atoms with Gasteiger partial charge in [0, 0.05) is 35.4 Å². The first-order valence-corrected chi connectivity index (χ1v) is 6.84. The minimum absolute atomic E-state index is 0.216. The molecule has 0 aliphatic carbocycles. The number of hydrogen-bond acceptors (Lipinski definition) is 2. The van der Waals surface area contributed by atoms with Gasteiger partial charge in [0.05, 0.1) is 0 Å². The van der Waals surface area contributed by atoms with Crippen molar-refractivity contribution in [3.05, 3.63) is 36.2 Å². The number of fused-ring (bicyclic) bond motifs is 1. The summed E-state index contributed by atoms with van der Waals surface area (Å²) in [5.74, 6) is 0.530. The van der Waals surface area contributed by atoms with Crippen LogP contribution in [0.5, 0.6) is 0 Å². The Morgan fingerprint density at radius 3 is 2.95 bits per heavy atom. The van der Waals surface area contributed by atoms with Crippen molar-refractivity contribution in [3.8, 4) is 0 Å². The first-order valence-electron chi connectivity index (χ1n) is 6.84. The Bertz CT molecular complexity index is 636. The van der Waals surface area contributed by atoms with E-state index in [0.29, 0.717) is 5.92 Å². The van der Waals surface area contributed by atoms with Gasteiger partial charge in [-0.1, -0.05) is 13.0 Å². The number of hydrogen-bond donors (Lipinski definition) is 1. The lowest BCUT2D eigenvalue weighted by Crippen LogP contribution is -2.49. The third-order valence-electron chi connectivity index (χ3n) is 4.75. The fourth-order valence-electron chi connectivity index (χ4n) is 2.76. The van der Waals surface area contributed by atoms with Gasteiger partial charge in [0.2, 0.25) is 0 Å². The Labute approximate surface area is 114 Å². The molecule has 0 saturated carbocycles. The van der Waals surface area contributed by atoms with Crippen LogP contribution >= 0.6 is 0 Å². The lowest BCUT2D eigenvalue weighted by atomic mass is 9.81. The summed E-state index contributed by atoms with van der Waals surface area (Å²) < 4.78 is 0. The summed E-state index contributed by atoms with van der Waals surface area (Å²) in [6, 6.07) is 4.14. The minimum Gasteiger partial charge on any atom is -0.346 e. The average molecular weight is 255 g/mol. The van der Waals surface area contributed by atoms with E-state index in [2.05, 4.69) is 61.0 Å². The molecule has 2 aromatic heterocycles. The van der Waals surface area contributed by atoms with Gasteiger partial charge in [-0.25, -0.2) is 4.98 Å². The first-order chi connectivity index (χ1) is 9.00. The van der Waals surface area contributed by atoms with Gasteiger partial charge < -0.3 is 4.98 Å². The highest BCUT2D eigenvalue weighted by molar-refractivity contribution is 5.91. The number of aromatic nitrogens is 2. The van der Waals surface area contributed by atoms with Crippen LogP contribution in [0, 0.1) is 5.92 Å². The molecule has 3 nitrogen and oxygen atoms in total. The Kier molecular flexibility index (Phi) is 2.75. The molecule has 0 amide bonds.